The minimum Gasteiger partial charge on any atom is -0.480 e. The van der Waals surface area contributed by atoms with E-state index in [-0.39, 0.29) is 11.2 Å². The molecule has 6 heteroatoms. The maximum Gasteiger partial charge on any atom is 0.326 e. The second kappa shape index (κ2) is 7.45. The van der Waals surface area contributed by atoms with Crippen molar-refractivity contribution in [2.75, 3.05) is 7.05 Å². The molecule has 2 atom stereocenters. The van der Waals surface area contributed by atoms with Gasteiger partial charge < -0.3 is 10.0 Å². The van der Waals surface area contributed by atoms with Gasteiger partial charge in [0.1, 0.15) is 6.04 Å². The first kappa shape index (κ1) is 15.9. The highest BCUT2D eigenvalue weighted by atomic mass is 33.1. The molecule has 1 amide bonds. The summed E-state index contributed by atoms with van der Waals surface area (Å²) in [5.74, 6) is -1.17. The molecular weight excluding hydrogens is 282 g/mol. The molecule has 4 nitrogen and oxygen atoms in total. The summed E-state index contributed by atoms with van der Waals surface area (Å²) < 4.78 is 0. The van der Waals surface area contributed by atoms with Crippen LogP contribution in [0.1, 0.15) is 13.8 Å². The summed E-state index contributed by atoms with van der Waals surface area (Å²) >= 11 is 0. The lowest BCUT2D eigenvalue weighted by molar-refractivity contribution is -0.147. The van der Waals surface area contributed by atoms with Crippen LogP contribution in [0.3, 0.4) is 0 Å². The minimum atomic E-state index is -0.997. The predicted octanol–water partition coefficient (Wildman–Crippen LogP) is 2.75. The zero-order valence-electron chi connectivity index (χ0n) is 11.1. The van der Waals surface area contributed by atoms with Gasteiger partial charge in [0.25, 0.3) is 0 Å². The molecule has 0 aliphatic carbocycles. The lowest BCUT2D eigenvalue weighted by Gasteiger charge is -2.24. The Morgan fingerprint density at radius 1 is 1.21 bits per heavy atom. The number of carboxylic acid groups (broad SMARTS) is 1. The number of likely N-dealkylation sites (N-methyl/N-ethyl adjacent to an activating group) is 1. The number of nitrogens with zero attached hydrogens (tertiary/aromatic N) is 1. The van der Waals surface area contributed by atoms with Gasteiger partial charge in [-0.05, 0) is 26.0 Å². The zero-order chi connectivity index (χ0) is 14.4. The fourth-order valence-corrected chi connectivity index (χ4v) is 3.41. The highest BCUT2D eigenvalue weighted by Gasteiger charge is 2.26. The molecule has 104 valence electrons. The molecule has 1 unspecified atom stereocenters. The van der Waals surface area contributed by atoms with Crippen LogP contribution in [0.2, 0.25) is 0 Å². The fourth-order valence-electron chi connectivity index (χ4n) is 1.29. The van der Waals surface area contributed by atoms with Gasteiger partial charge in [-0.1, -0.05) is 39.8 Å². The molecule has 19 heavy (non-hydrogen) atoms. The molecule has 1 N–H and O–H groups in total. The number of carbonyl (C=O) groups excluding carboxylic acids is 1. The Bertz CT molecular complexity index is 439. The summed E-state index contributed by atoms with van der Waals surface area (Å²) in [6, 6.07) is 8.95. The summed E-state index contributed by atoms with van der Waals surface area (Å²) in [7, 11) is 4.46. The van der Waals surface area contributed by atoms with E-state index in [1.165, 1.54) is 40.5 Å². The average Bonchev–Trinajstić information content (AvgIpc) is 2.43. The number of carboxylic acids is 1. The van der Waals surface area contributed by atoms with Gasteiger partial charge >= 0.3 is 5.97 Å². The van der Waals surface area contributed by atoms with Crippen LogP contribution in [0.15, 0.2) is 35.2 Å². The molecule has 0 aliphatic heterocycles. The number of benzene rings is 1. The zero-order valence-corrected chi connectivity index (χ0v) is 12.7. The Balaban J connectivity index is 2.51. The quantitative estimate of drug-likeness (QED) is 0.819. The van der Waals surface area contributed by atoms with Crippen LogP contribution in [-0.4, -0.2) is 40.2 Å². The van der Waals surface area contributed by atoms with Crippen molar-refractivity contribution in [2.45, 2.75) is 30.0 Å². The second-order valence-corrected chi connectivity index (χ2v) is 6.71. The van der Waals surface area contributed by atoms with Gasteiger partial charge in [-0.25, -0.2) is 4.79 Å². The molecule has 1 rings (SSSR count). The Hall–Kier alpha value is -1.14. The van der Waals surface area contributed by atoms with Crippen molar-refractivity contribution in [3.8, 4) is 0 Å². The first-order valence-electron chi connectivity index (χ1n) is 5.81. The molecule has 1 aromatic carbocycles. The van der Waals surface area contributed by atoms with Crippen molar-refractivity contribution >= 4 is 33.5 Å². The third kappa shape index (κ3) is 4.80. The van der Waals surface area contributed by atoms with Crippen molar-refractivity contribution in [2.24, 2.45) is 0 Å². The maximum absolute atomic E-state index is 12.0. The van der Waals surface area contributed by atoms with Crippen LogP contribution in [0, 0.1) is 0 Å². The fraction of sp³-hybridized carbons (Fsp3) is 0.385. The molecular formula is C13H17NO3S2. The van der Waals surface area contributed by atoms with E-state index in [1.54, 1.807) is 6.92 Å². The van der Waals surface area contributed by atoms with E-state index in [0.29, 0.717) is 0 Å². The van der Waals surface area contributed by atoms with Crippen molar-refractivity contribution in [3.63, 3.8) is 0 Å². The van der Waals surface area contributed by atoms with Gasteiger partial charge in [0.15, 0.2) is 0 Å². The van der Waals surface area contributed by atoms with Gasteiger partial charge in [0.05, 0.1) is 5.25 Å². The molecule has 0 aromatic heterocycles. The Kier molecular flexibility index (Phi) is 6.24. The number of aliphatic carboxylic acids is 1. The van der Waals surface area contributed by atoms with Crippen LogP contribution >= 0.6 is 21.6 Å². The van der Waals surface area contributed by atoms with Gasteiger partial charge in [-0.15, -0.1) is 0 Å². The number of hydrogen-bond donors (Lipinski definition) is 1. The van der Waals surface area contributed by atoms with Gasteiger partial charge in [-0.2, -0.15) is 0 Å². The number of carbonyl (C=O) groups is 2. The van der Waals surface area contributed by atoms with Crippen LogP contribution in [-0.2, 0) is 9.59 Å². The van der Waals surface area contributed by atoms with Crippen LogP contribution < -0.4 is 0 Å². The summed E-state index contributed by atoms with van der Waals surface area (Å²) in [5, 5.41) is 8.59. The molecule has 0 saturated heterocycles. The number of hydrogen-bond acceptors (Lipinski definition) is 4. The SMILES string of the molecule is CC(SSc1ccccc1)C(=O)N(C)[C@@H](C)C(=O)O. The van der Waals surface area contributed by atoms with Crippen molar-refractivity contribution in [1.29, 1.82) is 0 Å². The van der Waals surface area contributed by atoms with Gasteiger partial charge in [0, 0.05) is 11.9 Å². The summed E-state index contributed by atoms with van der Waals surface area (Å²) in [5.41, 5.74) is 0. The molecule has 0 spiro atoms. The summed E-state index contributed by atoms with van der Waals surface area (Å²) in [6.45, 7) is 3.29. The predicted molar refractivity (Wildman–Crippen MR) is 79.2 cm³/mol. The summed E-state index contributed by atoms with van der Waals surface area (Å²) in [6.07, 6.45) is 0. The molecule has 0 bridgehead atoms. The van der Waals surface area contributed by atoms with Crippen LogP contribution in [0.25, 0.3) is 0 Å². The van der Waals surface area contributed by atoms with Crippen LogP contribution in [0.5, 0.6) is 0 Å². The largest absolute Gasteiger partial charge is 0.480 e. The average molecular weight is 299 g/mol. The smallest absolute Gasteiger partial charge is 0.326 e. The minimum absolute atomic E-state index is 0.177. The lowest BCUT2D eigenvalue weighted by atomic mass is 10.3. The first-order valence-corrected chi connectivity index (χ1v) is 8.02. The first-order chi connectivity index (χ1) is 8.93. The molecule has 0 radical (unpaired) electrons. The Labute approximate surface area is 121 Å². The van der Waals surface area contributed by atoms with E-state index in [4.69, 9.17) is 5.11 Å². The number of rotatable bonds is 6. The van der Waals surface area contributed by atoms with E-state index < -0.39 is 12.0 Å². The summed E-state index contributed by atoms with van der Waals surface area (Å²) in [4.78, 5) is 25.2. The molecule has 1 aromatic rings. The van der Waals surface area contributed by atoms with E-state index in [2.05, 4.69) is 0 Å². The Morgan fingerprint density at radius 3 is 2.32 bits per heavy atom. The maximum atomic E-state index is 12.0. The standard InChI is InChI=1S/C13H17NO3S2/c1-9(13(16)17)14(3)12(15)10(2)18-19-11-7-5-4-6-8-11/h4-10H,1-3H3,(H,16,17)/t9-,10?/m0/s1. The highest BCUT2D eigenvalue weighted by Crippen LogP contribution is 2.34. The number of amides is 1. The normalized spacial score (nSPS) is 13.6. The molecule has 0 saturated carbocycles. The monoisotopic (exact) mass is 299 g/mol. The van der Waals surface area contributed by atoms with E-state index in [9.17, 15) is 9.59 Å². The molecule has 0 aliphatic rings. The lowest BCUT2D eigenvalue weighted by Crippen LogP contribution is -2.43. The van der Waals surface area contributed by atoms with Crippen molar-refractivity contribution < 1.29 is 14.7 Å². The Morgan fingerprint density at radius 2 is 1.79 bits per heavy atom. The topological polar surface area (TPSA) is 57.6 Å². The van der Waals surface area contributed by atoms with E-state index >= 15 is 0 Å². The van der Waals surface area contributed by atoms with Gasteiger partial charge in [0.2, 0.25) is 5.91 Å². The van der Waals surface area contributed by atoms with Crippen LogP contribution in [0.4, 0.5) is 0 Å². The molecule has 0 fully saturated rings. The second-order valence-electron chi connectivity index (χ2n) is 4.10. The van der Waals surface area contributed by atoms with E-state index in [0.717, 1.165) is 4.90 Å². The van der Waals surface area contributed by atoms with E-state index in [1.807, 2.05) is 30.3 Å². The molecule has 0 heterocycles. The third-order valence-corrected chi connectivity index (χ3v) is 5.45. The van der Waals surface area contributed by atoms with Crippen molar-refractivity contribution in [3.05, 3.63) is 30.3 Å². The third-order valence-electron chi connectivity index (χ3n) is 2.67. The van der Waals surface area contributed by atoms with Crippen molar-refractivity contribution in [1.82, 2.24) is 4.90 Å². The van der Waals surface area contributed by atoms with Gasteiger partial charge in [-0.3, -0.25) is 4.79 Å². The highest BCUT2D eigenvalue weighted by molar-refractivity contribution is 8.77.